The fraction of sp³-hybridized carbons (Fsp3) is 0.211. The third-order valence-electron chi connectivity index (χ3n) is 4.82. The number of carbonyl (C=O) groups is 1. The van der Waals surface area contributed by atoms with Crippen molar-refractivity contribution in [1.29, 1.82) is 0 Å². The van der Waals surface area contributed by atoms with E-state index in [-0.39, 0.29) is 17.5 Å². The summed E-state index contributed by atoms with van der Waals surface area (Å²) in [5, 5.41) is 15.0. The van der Waals surface area contributed by atoms with Gasteiger partial charge in [-0.2, -0.15) is 0 Å². The second-order valence-corrected chi connectivity index (χ2v) is 7.00. The molecule has 0 radical (unpaired) electrons. The van der Waals surface area contributed by atoms with E-state index in [0.717, 1.165) is 22.0 Å². The Balaban J connectivity index is 1.85. The monoisotopic (exact) mass is 368 g/mol. The molecule has 0 amide bonds. The first kappa shape index (κ1) is 14.5. The van der Waals surface area contributed by atoms with Crippen LogP contribution in [0.4, 0.5) is 5.69 Å². The second-order valence-electron chi connectivity index (χ2n) is 6.09. The van der Waals surface area contributed by atoms with Crippen LogP contribution in [-0.4, -0.2) is 5.97 Å². The Labute approximate surface area is 143 Å². The Kier molecular flexibility index (Phi) is 3.49. The maximum Gasteiger partial charge on any atom is 0.0736 e. The summed E-state index contributed by atoms with van der Waals surface area (Å²) in [6.07, 6.45) is 5.39. The molecule has 0 bridgehead atoms. The molecule has 3 atom stereocenters. The van der Waals surface area contributed by atoms with Crippen LogP contribution in [-0.2, 0) is 0 Å². The molecule has 2 aliphatic rings. The molecule has 116 valence electrons. The first-order chi connectivity index (χ1) is 11.1. The first-order valence-electron chi connectivity index (χ1n) is 7.68. The number of para-hydroxylation sites is 1. The lowest BCUT2D eigenvalue weighted by atomic mass is 9.76. The van der Waals surface area contributed by atoms with Crippen LogP contribution >= 0.6 is 15.9 Å². The minimum atomic E-state index is -1.14. The van der Waals surface area contributed by atoms with Crippen molar-refractivity contribution in [3.63, 3.8) is 0 Å². The molecule has 1 heterocycles. The highest BCUT2D eigenvalue weighted by Crippen LogP contribution is 2.50. The summed E-state index contributed by atoms with van der Waals surface area (Å²) in [5.74, 6) is -0.494. The van der Waals surface area contributed by atoms with E-state index in [1.807, 2.05) is 18.2 Å². The topological polar surface area (TPSA) is 52.2 Å². The van der Waals surface area contributed by atoms with Crippen molar-refractivity contribution in [3.8, 4) is 0 Å². The number of hydrogen-bond donors (Lipinski definition) is 1. The number of benzene rings is 2. The summed E-state index contributed by atoms with van der Waals surface area (Å²) in [5.41, 5.74) is 3.15. The maximum atomic E-state index is 11.5. The molecule has 0 spiro atoms. The van der Waals surface area contributed by atoms with Gasteiger partial charge in [-0.1, -0.05) is 58.4 Å². The molecule has 0 aromatic heterocycles. The molecule has 1 aliphatic heterocycles. The average Bonchev–Trinajstić information content (AvgIpc) is 3.03. The van der Waals surface area contributed by atoms with E-state index in [0.29, 0.717) is 11.6 Å². The summed E-state index contributed by atoms with van der Waals surface area (Å²) in [4.78, 5) is 11.5. The zero-order chi connectivity index (χ0) is 16.0. The van der Waals surface area contributed by atoms with Gasteiger partial charge in [0.2, 0.25) is 0 Å². The molecule has 0 saturated carbocycles. The molecule has 1 aliphatic carbocycles. The Morgan fingerprint density at radius 3 is 2.83 bits per heavy atom. The van der Waals surface area contributed by atoms with E-state index in [9.17, 15) is 9.90 Å². The van der Waals surface area contributed by atoms with Gasteiger partial charge in [-0.25, -0.2) is 0 Å². The largest absolute Gasteiger partial charge is 0.545 e. The van der Waals surface area contributed by atoms with Crippen molar-refractivity contribution in [2.45, 2.75) is 18.4 Å². The molecule has 23 heavy (non-hydrogen) atoms. The number of halogens is 1. The van der Waals surface area contributed by atoms with Crippen LogP contribution in [0, 0.1) is 5.92 Å². The molecule has 2 aromatic rings. The fourth-order valence-corrected chi connectivity index (χ4v) is 4.24. The third-order valence-corrected chi connectivity index (χ3v) is 5.32. The molecule has 2 aromatic carbocycles. The van der Waals surface area contributed by atoms with Gasteiger partial charge >= 0.3 is 0 Å². The Morgan fingerprint density at radius 1 is 1.22 bits per heavy atom. The van der Waals surface area contributed by atoms with Crippen molar-refractivity contribution in [1.82, 2.24) is 0 Å². The number of carboxylic acids is 1. The van der Waals surface area contributed by atoms with Gasteiger partial charge in [-0.15, -0.1) is 0 Å². The smallest absolute Gasteiger partial charge is 0.0736 e. The van der Waals surface area contributed by atoms with Gasteiger partial charge in [0.15, 0.2) is 0 Å². The number of carbonyl (C=O) groups excluding carboxylic acids is 1. The molecule has 3 nitrogen and oxygen atoms in total. The standard InChI is InChI=1S/C19H16BrNO2/c20-12-5-1-4-11(10-12)17-14-7-2-6-13(14)15-8-3-9-16(19(22)23)18(15)21-17/h1-6,8-10,13-14,17,21H,7H2,(H,22,23)/p-1/t13-,14-,17-/m0/s1. The molecular formula is C19H15BrNO2-. The van der Waals surface area contributed by atoms with Gasteiger partial charge in [0, 0.05) is 21.6 Å². The molecular weight excluding hydrogens is 354 g/mol. The summed E-state index contributed by atoms with van der Waals surface area (Å²) in [6, 6.07) is 13.7. The van der Waals surface area contributed by atoms with Crippen molar-refractivity contribution >= 4 is 27.6 Å². The molecule has 0 unspecified atom stereocenters. The lowest BCUT2D eigenvalue weighted by molar-refractivity contribution is -0.254. The van der Waals surface area contributed by atoms with Gasteiger partial charge in [0.25, 0.3) is 0 Å². The zero-order valence-electron chi connectivity index (χ0n) is 12.3. The van der Waals surface area contributed by atoms with Crippen LogP contribution < -0.4 is 10.4 Å². The van der Waals surface area contributed by atoms with Crippen molar-refractivity contribution in [2.24, 2.45) is 5.92 Å². The predicted octanol–water partition coefficient (Wildman–Crippen LogP) is 3.64. The maximum absolute atomic E-state index is 11.5. The van der Waals surface area contributed by atoms with Crippen LogP contribution in [0.15, 0.2) is 59.1 Å². The van der Waals surface area contributed by atoms with Crippen LogP contribution in [0.25, 0.3) is 0 Å². The number of carboxylic acid groups (broad SMARTS) is 1. The third kappa shape index (κ3) is 2.38. The number of nitrogens with one attached hydrogen (secondary N) is 1. The summed E-state index contributed by atoms with van der Waals surface area (Å²) in [6.45, 7) is 0. The summed E-state index contributed by atoms with van der Waals surface area (Å²) >= 11 is 3.52. The number of rotatable bonds is 2. The molecule has 4 rings (SSSR count). The van der Waals surface area contributed by atoms with E-state index in [1.165, 1.54) is 0 Å². The number of aromatic carboxylic acids is 1. The summed E-state index contributed by atoms with van der Waals surface area (Å²) in [7, 11) is 0. The number of hydrogen-bond acceptors (Lipinski definition) is 3. The van der Waals surface area contributed by atoms with Gasteiger partial charge in [-0.3, -0.25) is 0 Å². The molecule has 4 heteroatoms. The van der Waals surface area contributed by atoms with Crippen molar-refractivity contribution in [3.05, 3.63) is 75.8 Å². The van der Waals surface area contributed by atoms with E-state index >= 15 is 0 Å². The number of anilines is 1. The Morgan fingerprint density at radius 2 is 2.04 bits per heavy atom. The van der Waals surface area contributed by atoms with E-state index < -0.39 is 5.97 Å². The normalized spacial score (nSPS) is 24.7. The highest BCUT2D eigenvalue weighted by molar-refractivity contribution is 9.10. The first-order valence-corrected chi connectivity index (χ1v) is 8.47. The van der Waals surface area contributed by atoms with Crippen molar-refractivity contribution in [2.75, 3.05) is 5.32 Å². The Hall–Kier alpha value is -2.07. The average molecular weight is 369 g/mol. The SMILES string of the molecule is O=C([O-])c1cccc2c1N[C@@H](c1cccc(Br)c1)[C@H]1CC=C[C@H]21. The highest BCUT2D eigenvalue weighted by Gasteiger charge is 2.38. The quantitative estimate of drug-likeness (QED) is 0.823. The lowest BCUT2D eigenvalue weighted by Crippen LogP contribution is -2.32. The Bertz CT molecular complexity index is 815. The summed E-state index contributed by atoms with van der Waals surface area (Å²) < 4.78 is 1.03. The van der Waals surface area contributed by atoms with Gasteiger partial charge < -0.3 is 15.2 Å². The molecule has 0 saturated heterocycles. The van der Waals surface area contributed by atoms with Crippen LogP contribution in [0.3, 0.4) is 0 Å². The minimum Gasteiger partial charge on any atom is -0.545 e. The number of fused-ring (bicyclic) bond motifs is 3. The highest BCUT2D eigenvalue weighted by atomic mass is 79.9. The van der Waals surface area contributed by atoms with Gasteiger partial charge in [0.1, 0.15) is 0 Å². The van der Waals surface area contributed by atoms with Gasteiger partial charge in [-0.05, 0) is 35.6 Å². The van der Waals surface area contributed by atoms with Crippen molar-refractivity contribution < 1.29 is 9.90 Å². The van der Waals surface area contributed by atoms with Gasteiger partial charge in [0.05, 0.1) is 12.0 Å². The fourth-order valence-electron chi connectivity index (χ4n) is 3.82. The predicted molar refractivity (Wildman–Crippen MR) is 91.3 cm³/mol. The van der Waals surface area contributed by atoms with E-state index in [4.69, 9.17) is 0 Å². The number of allylic oxidation sites excluding steroid dienone is 2. The second kappa shape index (κ2) is 5.53. The zero-order valence-corrected chi connectivity index (χ0v) is 13.9. The van der Waals surface area contributed by atoms with E-state index in [2.05, 4.69) is 45.5 Å². The van der Waals surface area contributed by atoms with E-state index in [1.54, 1.807) is 12.1 Å². The molecule has 0 fully saturated rings. The minimum absolute atomic E-state index is 0.0838. The van der Waals surface area contributed by atoms with Crippen LogP contribution in [0.2, 0.25) is 0 Å². The lowest BCUT2D eigenvalue weighted by Gasteiger charge is -2.38. The molecule has 1 N–H and O–H groups in total. The van der Waals surface area contributed by atoms with Crippen LogP contribution in [0.5, 0.6) is 0 Å². The van der Waals surface area contributed by atoms with Crippen LogP contribution in [0.1, 0.15) is 39.9 Å².